The Bertz CT molecular complexity index is 344. The fraction of sp³-hybridized carbons (Fsp3) is 0.500. The molecule has 0 aliphatic rings. The van der Waals surface area contributed by atoms with Gasteiger partial charge in [-0.25, -0.2) is 0 Å². The lowest BCUT2D eigenvalue weighted by atomic mass is 9.90. The number of benzene rings is 1. The highest BCUT2D eigenvalue weighted by atomic mass is 16.5. The summed E-state index contributed by atoms with van der Waals surface area (Å²) in [5.41, 5.74) is 0.674. The van der Waals surface area contributed by atoms with Crippen LogP contribution in [-0.4, -0.2) is 19.6 Å². The van der Waals surface area contributed by atoms with Gasteiger partial charge in [-0.15, -0.1) is 0 Å². The molecule has 94 valence electrons. The largest absolute Gasteiger partial charge is 0.372 e. The zero-order chi connectivity index (χ0) is 12.7. The van der Waals surface area contributed by atoms with Gasteiger partial charge < -0.3 is 10.1 Å². The average molecular weight is 235 g/mol. The van der Waals surface area contributed by atoms with Gasteiger partial charge in [0, 0.05) is 13.5 Å². The van der Waals surface area contributed by atoms with Gasteiger partial charge in [0.1, 0.15) is 5.60 Å². The lowest BCUT2D eigenvalue weighted by Crippen LogP contribution is -2.41. The number of carbonyl (C=O) groups excluding carboxylic acids is 1. The van der Waals surface area contributed by atoms with Gasteiger partial charge in [-0.2, -0.15) is 0 Å². The first-order valence-corrected chi connectivity index (χ1v) is 6.06. The van der Waals surface area contributed by atoms with Crippen molar-refractivity contribution in [1.82, 2.24) is 5.32 Å². The molecule has 0 aliphatic heterocycles. The van der Waals surface area contributed by atoms with E-state index >= 15 is 0 Å². The van der Waals surface area contributed by atoms with Crippen molar-refractivity contribution in [3.63, 3.8) is 0 Å². The van der Waals surface area contributed by atoms with E-state index in [0.29, 0.717) is 13.0 Å². The van der Waals surface area contributed by atoms with E-state index < -0.39 is 5.60 Å². The van der Waals surface area contributed by atoms with Crippen molar-refractivity contribution in [1.29, 1.82) is 0 Å². The molecule has 0 aliphatic carbocycles. The maximum atomic E-state index is 11.4. The minimum atomic E-state index is -0.425. The number of hydrogen-bond acceptors (Lipinski definition) is 2. The van der Waals surface area contributed by atoms with Gasteiger partial charge >= 0.3 is 0 Å². The van der Waals surface area contributed by atoms with Crippen LogP contribution in [0.2, 0.25) is 0 Å². The Morgan fingerprint density at radius 2 is 1.94 bits per heavy atom. The Morgan fingerprint density at radius 3 is 2.41 bits per heavy atom. The first-order chi connectivity index (χ1) is 8.18. The number of rotatable bonds is 6. The molecule has 1 rings (SSSR count). The van der Waals surface area contributed by atoms with Gasteiger partial charge in [0.15, 0.2) is 0 Å². The Balaban J connectivity index is 2.86. The van der Waals surface area contributed by atoms with Crippen LogP contribution < -0.4 is 5.32 Å². The molecule has 0 spiro atoms. The van der Waals surface area contributed by atoms with Crippen LogP contribution in [0.25, 0.3) is 0 Å². The van der Waals surface area contributed by atoms with E-state index in [0.717, 1.165) is 12.0 Å². The van der Waals surface area contributed by atoms with E-state index in [1.54, 1.807) is 7.11 Å². The molecule has 0 saturated heterocycles. The van der Waals surface area contributed by atoms with Crippen LogP contribution >= 0.6 is 0 Å². The fourth-order valence-corrected chi connectivity index (χ4v) is 1.87. The van der Waals surface area contributed by atoms with Crippen molar-refractivity contribution in [3.05, 3.63) is 35.9 Å². The number of carbonyl (C=O) groups is 1. The van der Waals surface area contributed by atoms with E-state index in [9.17, 15) is 4.79 Å². The maximum absolute atomic E-state index is 11.4. The molecule has 1 unspecified atom stereocenters. The van der Waals surface area contributed by atoms with Crippen LogP contribution in [0.5, 0.6) is 0 Å². The summed E-state index contributed by atoms with van der Waals surface area (Å²) in [7, 11) is 1.69. The van der Waals surface area contributed by atoms with Crippen molar-refractivity contribution >= 4 is 5.91 Å². The monoisotopic (exact) mass is 235 g/mol. The second-order valence-corrected chi connectivity index (χ2v) is 4.05. The van der Waals surface area contributed by atoms with Crippen LogP contribution in [0.1, 0.15) is 32.3 Å². The zero-order valence-corrected chi connectivity index (χ0v) is 10.8. The van der Waals surface area contributed by atoms with E-state index in [1.165, 1.54) is 0 Å². The summed E-state index contributed by atoms with van der Waals surface area (Å²) in [6.45, 7) is 4.42. The Kier molecular flexibility index (Phi) is 5.16. The number of ether oxygens (including phenoxy) is 1. The van der Waals surface area contributed by atoms with Crippen molar-refractivity contribution in [2.24, 2.45) is 0 Å². The van der Waals surface area contributed by atoms with Crippen LogP contribution in [0.4, 0.5) is 0 Å². The quantitative estimate of drug-likeness (QED) is 0.822. The van der Waals surface area contributed by atoms with E-state index in [-0.39, 0.29) is 5.91 Å². The van der Waals surface area contributed by atoms with E-state index in [4.69, 9.17) is 4.74 Å². The van der Waals surface area contributed by atoms with Crippen LogP contribution in [0.15, 0.2) is 30.3 Å². The molecule has 3 heteroatoms. The van der Waals surface area contributed by atoms with Crippen LogP contribution in [-0.2, 0) is 15.1 Å². The smallest absolute Gasteiger partial charge is 0.219 e. The summed E-state index contributed by atoms with van der Waals surface area (Å²) < 4.78 is 5.65. The molecule has 0 saturated carbocycles. The normalized spacial score (nSPS) is 14.1. The summed E-state index contributed by atoms with van der Waals surface area (Å²) in [5.74, 6) is 0.0517. The minimum absolute atomic E-state index is 0.0517. The first-order valence-electron chi connectivity index (χ1n) is 6.06. The highest BCUT2D eigenvalue weighted by Crippen LogP contribution is 2.27. The van der Waals surface area contributed by atoms with Gasteiger partial charge in [0.05, 0.1) is 6.54 Å². The summed E-state index contributed by atoms with van der Waals surface area (Å²) >= 11 is 0. The average Bonchev–Trinajstić information content (AvgIpc) is 2.41. The standard InChI is InChI=1S/C14H21NO2/c1-4-13(16)15-11-14(5-2,17-3)12-9-7-6-8-10-12/h6-10H,4-5,11H2,1-3H3,(H,15,16). The predicted molar refractivity (Wildman–Crippen MR) is 68.7 cm³/mol. The fourth-order valence-electron chi connectivity index (χ4n) is 1.87. The van der Waals surface area contributed by atoms with Gasteiger partial charge in [-0.3, -0.25) is 4.79 Å². The Labute approximate surface area is 103 Å². The van der Waals surface area contributed by atoms with Crippen molar-refractivity contribution in [3.8, 4) is 0 Å². The molecule has 0 fully saturated rings. The number of hydrogen-bond donors (Lipinski definition) is 1. The molecule has 1 amide bonds. The molecule has 0 bridgehead atoms. The predicted octanol–water partition coefficient (Wildman–Crippen LogP) is 2.46. The topological polar surface area (TPSA) is 38.3 Å². The highest BCUT2D eigenvalue weighted by molar-refractivity contribution is 5.75. The third-order valence-corrected chi connectivity index (χ3v) is 3.15. The summed E-state index contributed by atoms with van der Waals surface area (Å²) in [4.78, 5) is 11.4. The molecule has 1 N–H and O–H groups in total. The van der Waals surface area contributed by atoms with Gasteiger partial charge in [-0.1, -0.05) is 44.2 Å². The van der Waals surface area contributed by atoms with E-state index in [2.05, 4.69) is 12.2 Å². The Hall–Kier alpha value is -1.35. The molecule has 1 aromatic rings. The lowest BCUT2D eigenvalue weighted by Gasteiger charge is -2.32. The molecule has 1 aromatic carbocycles. The molecule has 17 heavy (non-hydrogen) atoms. The first kappa shape index (κ1) is 13.7. The van der Waals surface area contributed by atoms with Crippen molar-refractivity contribution in [2.75, 3.05) is 13.7 Å². The zero-order valence-electron chi connectivity index (χ0n) is 10.8. The van der Waals surface area contributed by atoms with Crippen molar-refractivity contribution in [2.45, 2.75) is 32.3 Å². The molecule has 0 aromatic heterocycles. The molecular formula is C14H21NO2. The summed E-state index contributed by atoms with van der Waals surface area (Å²) in [6, 6.07) is 10.0. The lowest BCUT2D eigenvalue weighted by molar-refractivity contribution is -0.122. The molecule has 0 heterocycles. The Morgan fingerprint density at radius 1 is 1.29 bits per heavy atom. The third-order valence-electron chi connectivity index (χ3n) is 3.15. The van der Waals surface area contributed by atoms with Crippen LogP contribution in [0, 0.1) is 0 Å². The molecule has 0 radical (unpaired) electrons. The third kappa shape index (κ3) is 3.30. The second-order valence-electron chi connectivity index (χ2n) is 4.05. The molecule has 3 nitrogen and oxygen atoms in total. The molecular weight excluding hydrogens is 214 g/mol. The minimum Gasteiger partial charge on any atom is -0.372 e. The van der Waals surface area contributed by atoms with Gasteiger partial charge in [0.2, 0.25) is 5.91 Å². The number of methoxy groups -OCH3 is 1. The van der Waals surface area contributed by atoms with Crippen LogP contribution in [0.3, 0.4) is 0 Å². The number of amides is 1. The SMILES string of the molecule is CCC(=O)NCC(CC)(OC)c1ccccc1. The highest BCUT2D eigenvalue weighted by Gasteiger charge is 2.30. The number of nitrogens with one attached hydrogen (secondary N) is 1. The summed E-state index contributed by atoms with van der Waals surface area (Å²) in [5, 5.41) is 2.91. The molecule has 1 atom stereocenters. The summed E-state index contributed by atoms with van der Waals surface area (Å²) in [6.07, 6.45) is 1.32. The second kappa shape index (κ2) is 6.40. The van der Waals surface area contributed by atoms with Gasteiger partial charge in [-0.05, 0) is 12.0 Å². The maximum Gasteiger partial charge on any atom is 0.219 e. The van der Waals surface area contributed by atoms with Gasteiger partial charge in [0.25, 0.3) is 0 Å². The van der Waals surface area contributed by atoms with E-state index in [1.807, 2.05) is 37.3 Å². The van der Waals surface area contributed by atoms with Crippen molar-refractivity contribution < 1.29 is 9.53 Å².